The van der Waals surface area contributed by atoms with E-state index in [9.17, 15) is 4.39 Å². The van der Waals surface area contributed by atoms with Crippen molar-refractivity contribution in [1.82, 2.24) is 0 Å². The Hall–Kier alpha value is -0.890. The van der Waals surface area contributed by atoms with Gasteiger partial charge in [-0.1, -0.05) is 24.3 Å². The Bertz CT molecular complexity index is 324. The van der Waals surface area contributed by atoms with E-state index in [1.807, 2.05) is 24.3 Å². The zero-order valence-electron chi connectivity index (χ0n) is 8.82. The van der Waals surface area contributed by atoms with E-state index in [1.165, 1.54) is 5.56 Å². The molecule has 0 bridgehead atoms. The first-order valence-corrected chi connectivity index (χ1v) is 5.63. The number of benzene rings is 1. The van der Waals surface area contributed by atoms with Gasteiger partial charge in [0.1, 0.15) is 6.17 Å². The Labute approximate surface area is 89.9 Å². The summed E-state index contributed by atoms with van der Waals surface area (Å²) >= 11 is 0. The molecule has 2 unspecified atom stereocenters. The summed E-state index contributed by atoms with van der Waals surface area (Å²) in [5.41, 5.74) is 2.11. The average molecular weight is 208 g/mol. The zero-order chi connectivity index (χ0) is 10.7. The number of rotatable bonds is 2. The van der Waals surface area contributed by atoms with E-state index in [0.29, 0.717) is 12.3 Å². The molecule has 1 fully saturated rings. The quantitative estimate of drug-likeness (QED) is 0.791. The third kappa shape index (κ3) is 2.57. The van der Waals surface area contributed by atoms with Gasteiger partial charge in [-0.25, -0.2) is 4.39 Å². The minimum Gasteiger partial charge on any atom is -0.392 e. The van der Waals surface area contributed by atoms with Gasteiger partial charge >= 0.3 is 0 Å². The Morgan fingerprint density at radius 2 is 2.20 bits per heavy atom. The van der Waals surface area contributed by atoms with Crippen molar-refractivity contribution >= 4 is 0 Å². The smallest absolute Gasteiger partial charge is 0.101 e. The monoisotopic (exact) mass is 208 g/mol. The number of hydrogen-bond acceptors (Lipinski definition) is 1. The average Bonchev–Trinajstić information content (AvgIpc) is 2.29. The van der Waals surface area contributed by atoms with Gasteiger partial charge in [0.2, 0.25) is 0 Å². The van der Waals surface area contributed by atoms with Crippen LogP contribution in [0, 0.1) is 0 Å². The summed E-state index contributed by atoms with van der Waals surface area (Å²) in [5.74, 6) is 0.347. The Morgan fingerprint density at radius 3 is 2.93 bits per heavy atom. The second kappa shape index (κ2) is 4.75. The van der Waals surface area contributed by atoms with Crippen molar-refractivity contribution in [3.63, 3.8) is 0 Å². The number of hydrogen-bond donors (Lipinski definition) is 1. The normalized spacial score (nSPS) is 26.5. The predicted molar refractivity (Wildman–Crippen MR) is 58.5 cm³/mol. The second-order valence-electron chi connectivity index (χ2n) is 4.36. The first-order valence-electron chi connectivity index (χ1n) is 5.63. The predicted octanol–water partition coefficient (Wildman–Crippen LogP) is 3.17. The van der Waals surface area contributed by atoms with E-state index in [0.717, 1.165) is 24.8 Å². The van der Waals surface area contributed by atoms with Crippen molar-refractivity contribution in [1.29, 1.82) is 0 Å². The molecule has 1 aromatic rings. The summed E-state index contributed by atoms with van der Waals surface area (Å²) < 4.78 is 13.3. The van der Waals surface area contributed by atoms with E-state index >= 15 is 0 Å². The fraction of sp³-hybridized carbons (Fsp3) is 0.538. The molecule has 2 heteroatoms. The highest BCUT2D eigenvalue weighted by Gasteiger charge is 2.22. The first-order chi connectivity index (χ1) is 7.29. The largest absolute Gasteiger partial charge is 0.392 e. The molecule has 0 aliphatic heterocycles. The van der Waals surface area contributed by atoms with Crippen LogP contribution in [-0.2, 0) is 6.61 Å². The third-order valence-electron chi connectivity index (χ3n) is 3.22. The summed E-state index contributed by atoms with van der Waals surface area (Å²) in [6.45, 7) is 0.0691. The highest BCUT2D eigenvalue weighted by atomic mass is 19.1. The molecule has 1 N–H and O–H groups in total. The van der Waals surface area contributed by atoms with Crippen molar-refractivity contribution in [3.05, 3.63) is 35.4 Å². The van der Waals surface area contributed by atoms with Crippen LogP contribution in [0.2, 0.25) is 0 Å². The van der Waals surface area contributed by atoms with Crippen LogP contribution in [0.3, 0.4) is 0 Å². The number of halogens is 1. The van der Waals surface area contributed by atoms with Crippen molar-refractivity contribution < 1.29 is 9.50 Å². The van der Waals surface area contributed by atoms with Gasteiger partial charge in [0.05, 0.1) is 6.61 Å². The third-order valence-corrected chi connectivity index (χ3v) is 3.22. The lowest BCUT2D eigenvalue weighted by atomic mass is 9.83. The highest BCUT2D eigenvalue weighted by molar-refractivity contribution is 5.26. The first kappa shape index (κ1) is 10.6. The Kier molecular flexibility index (Phi) is 3.37. The molecule has 2 atom stereocenters. The van der Waals surface area contributed by atoms with Gasteiger partial charge in [0.15, 0.2) is 0 Å². The summed E-state index contributed by atoms with van der Waals surface area (Å²) in [7, 11) is 0. The van der Waals surface area contributed by atoms with Crippen LogP contribution in [0.25, 0.3) is 0 Å². The lowest BCUT2D eigenvalue weighted by molar-refractivity contribution is 0.231. The molecule has 0 spiro atoms. The molecule has 2 rings (SSSR count). The molecular formula is C13H17FO. The number of aliphatic hydroxyl groups is 1. The van der Waals surface area contributed by atoms with E-state index in [1.54, 1.807) is 0 Å². The van der Waals surface area contributed by atoms with Gasteiger partial charge < -0.3 is 5.11 Å². The van der Waals surface area contributed by atoms with Gasteiger partial charge in [-0.2, -0.15) is 0 Å². The molecule has 0 amide bonds. The minimum absolute atomic E-state index is 0.0691. The van der Waals surface area contributed by atoms with Crippen molar-refractivity contribution in [3.8, 4) is 0 Å². The molecule has 0 saturated heterocycles. The topological polar surface area (TPSA) is 20.2 Å². The molecule has 0 aromatic heterocycles. The van der Waals surface area contributed by atoms with E-state index in [4.69, 9.17) is 5.11 Å². The zero-order valence-corrected chi connectivity index (χ0v) is 8.82. The maximum Gasteiger partial charge on any atom is 0.101 e. The van der Waals surface area contributed by atoms with E-state index < -0.39 is 6.17 Å². The molecule has 15 heavy (non-hydrogen) atoms. The van der Waals surface area contributed by atoms with Gasteiger partial charge in [-0.3, -0.25) is 0 Å². The fourth-order valence-corrected chi connectivity index (χ4v) is 2.38. The second-order valence-corrected chi connectivity index (χ2v) is 4.36. The van der Waals surface area contributed by atoms with E-state index in [-0.39, 0.29) is 6.61 Å². The SMILES string of the molecule is OCc1cccc(C2CCCC(F)C2)c1. The molecule has 0 radical (unpaired) electrons. The van der Waals surface area contributed by atoms with E-state index in [2.05, 4.69) is 0 Å². The summed E-state index contributed by atoms with van der Waals surface area (Å²) in [4.78, 5) is 0. The number of aliphatic hydroxyl groups excluding tert-OH is 1. The molecule has 82 valence electrons. The summed E-state index contributed by atoms with van der Waals surface area (Å²) in [6, 6.07) is 7.90. The standard InChI is InChI=1S/C13H17FO/c14-13-6-2-5-12(8-13)11-4-1-3-10(7-11)9-15/h1,3-4,7,12-13,15H,2,5-6,8-9H2. The maximum absolute atomic E-state index is 13.3. The van der Waals surface area contributed by atoms with Crippen LogP contribution in [0.15, 0.2) is 24.3 Å². The van der Waals surface area contributed by atoms with Crippen LogP contribution in [-0.4, -0.2) is 11.3 Å². The molecule has 1 saturated carbocycles. The van der Waals surface area contributed by atoms with Crippen molar-refractivity contribution in [2.75, 3.05) is 0 Å². The molecule has 1 aromatic carbocycles. The van der Waals surface area contributed by atoms with Gasteiger partial charge in [0.25, 0.3) is 0 Å². The van der Waals surface area contributed by atoms with Crippen LogP contribution in [0.5, 0.6) is 0 Å². The molecule has 1 nitrogen and oxygen atoms in total. The molecular weight excluding hydrogens is 191 g/mol. The lowest BCUT2D eigenvalue weighted by Gasteiger charge is -2.25. The minimum atomic E-state index is -0.637. The highest BCUT2D eigenvalue weighted by Crippen LogP contribution is 2.34. The van der Waals surface area contributed by atoms with Crippen LogP contribution >= 0.6 is 0 Å². The van der Waals surface area contributed by atoms with Gasteiger partial charge in [-0.15, -0.1) is 0 Å². The van der Waals surface area contributed by atoms with Crippen LogP contribution in [0.4, 0.5) is 4.39 Å². The summed E-state index contributed by atoms with van der Waals surface area (Å²) in [6.07, 6.45) is 2.79. The molecule has 1 aliphatic rings. The number of alkyl halides is 1. The van der Waals surface area contributed by atoms with Gasteiger partial charge in [0, 0.05) is 0 Å². The Morgan fingerprint density at radius 1 is 1.33 bits per heavy atom. The van der Waals surface area contributed by atoms with Crippen molar-refractivity contribution in [2.45, 2.75) is 44.4 Å². The lowest BCUT2D eigenvalue weighted by Crippen LogP contribution is -2.14. The Balaban J connectivity index is 2.13. The molecule has 1 aliphatic carbocycles. The maximum atomic E-state index is 13.3. The van der Waals surface area contributed by atoms with Crippen LogP contribution < -0.4 is 0 Å². The fourth-order valence-electron chi connectivity index (χ4n) is 2.38. The summed E-state index contributed by atoms with van der Waals surface area (Å²) in [5, 5.41) is 9.04. The van der Waals surface area contributed by atoms with Crippen molar-refractivity contribution in [2.24, 2.45) is 0 Å². The van der Waals surface area contributed by atoms with Gasteiger partial charge in [-0.05, 0) is 42.7 Å². The van der Waals surface area contributed by atoms with Crippen LogP contribution in [0.1, 0.15) is 42.7 Å². The molecule has 0 heterocycles.